The summed E-state index contributed by atoms with van der Waals surface area (Å²) in [4.78, 5) is 0. The van der Waals surface area contributed by atoms with Crippen molar-refractivity contribution in [3.8, 4) is 0 Å². The minimum Gasteiger partial charge on any atom is -0.373 e. The molecule has 0 radical (unpaired) electrons. The van der Waals surface area contributed by atoms with Crippen LogP contribution in [-0.4, -0.2) is 19.7 Å². The molecule has 0 aromatic heterocycles. The Morgan fingerprint density at radius 1 is 1.50 bits per heavy atom. The fourth-order valence-electron chi connectivity index (χ4n) is 2.44. The van der Waals surface area contributed by atoms with E-state index in [2.05, 4.69) is 12.2 Å². The van der Waals surface area contributed by atoms with Crippen molar-refractivity contribution in [1.29, 1.82) is 0 Å². The molecule has 2 nitrogen and oxygen atoms in total. The Morgan fingerprint density at radius 3 is 3.06 bits per heavy atom. The summed E-state index contributed by atoms with van der Waals surface area (Å²) in [7, 11) is 0. The molecule has 1 saturated heterocycles. The number of benzene rings is 1. The number of hydrogen-bond acceptors (Lipinski definition) is 2. The van der Waals surface area contributed by atoms with E-state index < -0.39 is 0 Å². The molecule has 1 fully saturated rings. The molecule has 2 rings (SSSR count). The van der Waals surface area contributed by atoms with Crippen LogP contribution in [0.25, 0.3) is 0 Å². The van der Waals surface area contributed by atoms with Crippen molar-refractivity contribution >= 4 is 11.6 Å². The van der Waals surface area contributed by atoms with E-state index in [1.165, 1.54) is 6.07 Å². The monoisotopic (exact) mass is 271 g/mol. The first-order valence-electron chi connectivity index (χ1n) is 6.49. The molecule has 2 unspecified atom stereocenters. The van der Waals surface area contributed by atoms with E-state index in [4.69, 9.17) is 16.3 Å². The van der Waals surface area contributed by atoms with Crippen LogP contribution in [0.5, 0.6) is 0 Å². The van der Waals surface area contributed by atoms with Gasteiger partial charge in [-0.1, -0.05) is 24.6 Å². The molecule has 2 atom stereocenters. The van der Waals surface area contributed by atoms with Gasteiger partial charge in [0.05, 0.1) is 11.1 Å². The Bertz CT molecular complexity index is 399. The normalized spacial score (nSPS) is 24.2. The average molecular weight is 272 g/mol. The van der Waals surface area contributed by atoms with Crippen molar-refractivity contribution in [2.75, 3.05) is 19.7 Å². The van der Waals surface area contributed by atoms with Crippen LogP contribution in [0, 0.1) is 11.7 Å². The molecule has 1 heterocycles. The Kier molecular flexibility index (Phi) is 4.98. The van der Waals surface area contributed by atoms with Gasteiger partial charge in [-0.3, -0.25) is 0 Å². The first kappa shape index (κ1) is 13.8. The third-order valence-electron chi connectivity index (χ3n) is 3.37. The van der Waals surface area contributed by atoms with Crippen molar-refractivity contribution < 1.29 is 9.13 Å². The molecular formula is C14H19ClFNO. The number of ether oxygens (including phenoxy) is 1. The summed E-state index contributed by atoms with van der Waals surface area (Å²) in [6, 6.07) is 4.96. The maximum atomic E-state index is 13.5. The van der Waals surface area contributed by atoms with Gasteiger partial charge < -0.3 is 10.1 Å². The van der Waals surface area contributed by atoms with Crippen molar-refractivity contribution in [2.45, 2.75) is 25.9 Å². The molecule has 1 aromatic carbocycles. The van der Waals surface area contributed by atoms with Crippen LogP contribution >= 0.6 is 11.6 Å². The second kappa shape index (κ2) is 6.50. The Hall–Kier alpha value is -0.640. The van der Waals surface area contributed by atoms with Crippen LogP contribution in [0.4, 0.5) is 4.39 Å². The van der Waals surface area contributed by atoms with Crippen molar-refractivity contribution in [3.05, 3.63) is 34.6 Å². The minimum absolute atomic E-state index is 0.0235. The lowest BCUT2D eigenvalue weighted by atomic mass is 9.89. The van der Waals surface area contributed by atoms with E-state index in [9.17, 15) is 4.39 Å². The fraction of sp³-hybridized carbons (Fsp3) is 0.571. The second-order valence-corrected chi connectivity index (χ2v) is 5.08. The molecule has 100 valence electrons. The first-order chi connectivity index (χ1) is 8.72. The smallest absolute Gasteiger partial charge is 0.142 e. The second-order valence-electron chi connectivity index (χ2n) is 4.67. The zero-order valence-corrected chi connectivity index (χ0v) is 11.3. The Morgan fingerprint density at radius 2 is 2.33 bits per heavy atom. The van der Waals surface area contributed by atoms with E-state index in [1.807, 2.05) is 6.07 Å². The maximum absolute atomic E-state index is 13.5. The molecule has 0 aliphatic carbocycles. The summed E-state index contributed by atoms with van der Waals surface area (Å²) in [6.07, 6.45) is 2.16. The zero-order valence-electron chi connectivity index (χ0n) is 10.6. The number of hydrogen-bond donors (Lipinski definition) is 1. The van der Waals surface area contributed by atoms with Crippen molar-refractivity contribution in [1.82, 2.24) is 5.32 Å². The standard InChI is InChI=1S/C14H19ClFNO/c1-2-17-9-11-4-3-7-18-14(11)10-5-6-12(15)13(16)8-10/h5-6,8,11,14,17H,2-4,7,9H2,1H3. The molecule has 1 aliphatic heterocycles. The van der Waals surface area contributed by atoms with E-state index >= 15 is 0 Å². The van der Waals surface area contributed by atoms with Gasteiger partial charge in [0, 0.05) is 19.1 Å². The predicted octanol–water partition coefficient (Wildman–Crippen LogP) is 3.56. The van der Waals surface area contributed by atoms with Crippen LogP contribution in [0.15, 0.2) is 18.2 Å². The minimum atomic E-state index is -0.370. The van der Waals surface area contributed by atoms with Gasteiger partial charge >= 0.3 is 0 Å². The SMILES string of the molecule is CCNCC1CCCOC1c1ccc(Cl)c(F)c1. The van der Waals surface area contributed by atoms with Crippen LogP contribution < -0.4 is 5.32 Å². The van der Waals surface area contributed by atoms with E-state index in [-0.39, 0.29) is 16.9 Å². The van der Waals surface area contributed by atoms with Crippen LogP contribution in [-0.2, 0) is 4.74 Å². The van der Waals surface area contributed by atoms with Gasteiger partial charge in [0.25, 0.3) is 0 Å². The average Bonchev–Trinajstić information content (AvgIpc) is 2.40. The summed E-state index contributed by atoms with van der Waals surface area (Å²) in [5, 5.41) is 3.51. The summed E-state index contributed by atoms with van der Waals surface area (Å²) in [6.45, 7) is 4.68. The van der Waals surface area contributed by atoms with Gasteiger partial charge in [-0.2, -0.15) is 0 Å². The lowest BCUT2D eigenvalue weighted by Crippen LogP contribution is -2.31. The van der Waals surface area contributed by atoms with Crippen LogP contribution in [0.3, 0.4) is 0 Å². The highest BCUT2D eigenvalue weighted by Gasteiger charge is 2.27. The first-order valence-corrected chi connectivity index (χ1v) is 6.87. The molecule has 0 saturated carbocycles. The lowest BCUT2D eigenvalue weighted by molar-refractivity contribution is -0.0277. The molecule has 1 aromatic rings. The van der Waals surface area contributed by atoms with Crippen molar-refractivity contribution in [3.63, 3.8) is 0 Å². The zero-order chi connectivity index (χ0) is 13.0. The molecule has 0 amide bonds. The Labute approximate surface area is 112 Å². The number of nitrogens with one attached hydrogen (secondary N) is 1. The summed E-state index contributed by atoms with van der Waals surface area (Å²) < 4.78 is 19.3. The van der Waals surface area contributed by atoms with Gasteiger partial charge in [0.1, 0.15) is 5.82 Å². The maximum Gasteiger partial charge on any atom is 0.142 e. The quantitative estimate of drug-likeness (QED) is 0.904. The molecule has 1 aliphatic rings. The topological polar surface area (TPSA) is 21.3 Å². The predicted molar refractivity (Wildman–Crippen MR) is 71.4 cm³/mol. The fourth-order valence-corrected chi connectivity index (χ4v) is 2.56. The van der Waals surface area contributed by atoms with Gasteiger partial charge in [-0.05, 0) is 37.1 Å². The molecule has 4 heteroatoms. The van der Waals surface area contributed by atoms with Crippen molar-refractivity contribution in [2.24, 2.45) is 5.92 Å². The van der Waals surface area contributed by atoms with Gasteiger partial charge in [0.2, 0.25) is 0 Å². The molecular weight excluding hydrogens is 253 g/mol. The van der Waals surface area contributed by atoms with E-state index in [0.717, 1.165) is 38.1 Å². The largest absolute Gasteiger partial charge is 0.373 e. The van der Waals surface area contributed by atoms with Gasteiger partial charge in [-0.25, -0.2) is 4.39 Å². The third kappa shape index (κ3) is 3.22. The van der Waals surface area contributed by atoms with Crippen LogP contribution in [0.2, 0.25) is 5.02 Å². The van der Waals surface area contributed by atoms with Gasteiger partial charge in [-0.15, -0.1) is 0 Å². The third-order valence-corrected chi connectivity index (χ3v) is 3.68. The highest BCUT2D eigenvalue weighted by atomic mass is 35.5. The summed E-state index contributed by atoms with van der Waals surface area (Å²) in [5.74, 6) is 0.0322. The Balaban J connectivity index is 2.14. The van der Waals surface area contributed by atoms with Crippen LogP contribution in [0.1, 0.15) is 31.4 Å². The molecule has 0 spiro atoms. The highest BCUT2D eigenvalue weighted by Crippen LogP contribution is 2.34. The number of rotatable bonds is 4. The molecule has 18 heavy (non-hydrogen) atoms. The molecule has 0 bridgehead atoms. The van der Waals surface area contributed by atoms with Gasteiger partial charge in [0.15, 0.2) is 0 Å². The lowest BCUT2D eigenvalue weighted by Gasteiger charge is -2.32. The molecule has 1 N–H and O–H groups in total. The summed E-state index contributed by atoms with van der Waals surface area (Å²) in [5.41, 5.74) is 0.888. The van der Waals surface area contributed by atoms with E-state index in [0.29, 0.717) is 5.92 Å². The highest BCUT2D eigenvalue weighted by molar-refractivity contribution is 6.30. The number of halogens is 2. The summed E-state index contributed by atoms with van der Waals surface area (Å²) >= 11 is 5.71. The van der Waals surface area contributed by atoms with E-state index in [1.54, 1.807) is 6.07 Å².